The number of aliphatic carboxylic acids is 1. The van der Waals surface area contributed by atoms with Gasteiger partial charge in [0.15, 0.2) is 6.61 Å². The van der Waals surface area contributed by atoms with Gasteiger partial charge in [0.1, 0.15) is 0 Å². The molecule has 0 radical (unpaired) electrons. The van der Waals surface area contributed by atoms with Crippen molar-refractivity contribution in [2.45, 2.75) is 87.5 Å². The Labute approximate surface area is 168 Å². The summed E-state index contributed by atoms with van der Waals surface area (Å²) in [6.45, 7) is 17.2. The normalized spacial score (nSPS) is 8.36. The summed E-state index contributed by atoms with van der Waals surface area (Å²) in [5.41, 5.74) is 0. The third kappa shape index (κ3) is 531. The van der Waals surface area contributed by atoms with Gasteiger partial charge in [0, 0.05) is 47.0 Å². The van der Waals surface area contributed by atoms with Crippen LogP contribution in [0.15, 0.2) is 0 Å². The predicted molar refractivity (Wildman–Crippen MR) is 96.6 cm³/mol. The van der Waals surface area contributed by atoms with E-state index in [1.54, 1.807) is 41.5 Å². The van der Waals surface area contributed by atoms with E-state index in [2.05, 4.69) is 25.5 Å². The van der Waals surface area contributed by atoms with Gasteiger partial charge in [-0.05, 0) is 41.5 Å². The molecule has 0 aromatic carbocycles. The molecule has 0 spiro atoms. The molecule has 25 heavy (non-hydrogen) atoms. The van der Waals surface area contributed by atoms with Crippen molar-refractivity contribution in [3.05, 3.63) is 5.92 Å². The summed E-state index contributed by atoms with van der Waals surface area (Å²) in [5.74, 6) is -0.299. The van der Waals surface area contributed by atoms with Crippen LogP contribution < -0.4 is 0 Å². The molecule has 0 heterocycles. The molecular formula is C17H39O7Ti-. The number of aliphatic hydroxyl groups excluding tert-OH is 3. The third-order valence-electron chi connectivity index (χ3n) is 0.399. The first-order chi connectivity index (χ1) is 10.6. The smallest absolute Gasteiger partial charge is 0.341 e. The van der Waals surface area contributed by atoms with Crippen LogP contribution in [0.5, 0.6) is 0 Å². The van der Waals surface area contributed by atoms with Crippen LogP contribution in [-0.4, -0.2) is 57.3 Å². The van der Waals surface area contributed by atoms with Crippen LogP contribution in [0.3, 0.4) is 0 Å². The van der Waals surface area contributed by atoms with Crippen molar-refractivity contribution in [3.8, 4) is 0 Å². The Bertz CT molecular complexity index is 206. The molecule has 8 heteroatoms. The Morgan fingerprint density at radius 3 is 1.04 bits per heavy atom. The molecule has 0 rings (SSSR count). The molecule has 0 amide bonds. The molecule has 0 saturated heterocycles. The Morgan fingerprint density at radius 1 is 0.840 bits per heavy atom. The first-order valence-electron chi connectivity index (χ1n) is 7.72. The molecule has 154 valence electrons. The van der Waals surface area contributed by atoms with E-state index in [9.17, 15) is 9.59 Å². The predicted octanol–water partition coefficient (Wildman–Crippen LogP) is 2.41. The van der Waals surface area contributed by atoms with Crippen molar-refractivity contribution in [3.63, 3.8) is 0 Å². The Balaban J connectivity index is -0.0000000467. The van der Waals surface area contributed by atoms with Crippen LogP contribution in [0.25, 0.3) is 0 Å². The Hall–Kier alpha value is -0.466. The number of ether oxygens (including phenoxy) is 1. The topological polar surface area (TPSA) is 124 Å². The SMILES string of the molecule is CC(=O)OCC(=O)O.CC(C)O.CC(C)O.CC(C)O.C[C-](C)C.[Ti]. The third-order valence-corrected chi connectivity index (χ3v) is 0.399. The average Bonchev–Trinajstić information content (AvgIpc) is 2.22. The summed E-state index contributed by atoms with van der Waals surface area (Å²) in [7, 11) is 0. The number of carbonyl (C=O) groups is 2. The van der Waals surface area contributed by atoms with E-state index >= 15 is 0 Å². The van der Waals surface area contributed by atoms with E-state index in [-0.39, 0.29) is 40.0 Å². The Morgan fingerprint density at radius 2 is 1.00 bits per heavy atom. The molecule has 0 atom stereocenters. The molecule has 0 aliphatic carbocycles. The Kier molecular flexibility index (Phi) is 49.6. The minimum Gasteiger partial charge on any atom is -0.479 e. The van der Waals surface area contributed by atoms with Gasteiger partial charge in [0.2, 0.25) is 0 Å². The maximum absolute atomic E-state index is 9.86. The zero-order chi connectivity index (χ0) is 20.9. The van der Waals surface area contributed by atoms with Gasteiger partial charge in [-0.15, -0.1) is 0 Å². The molecule has 0 aromatic heterocycles. The van der Waals surface area contributed by atoms with Gasteiger partial charge >= 0.3 is 11.9 Å². The number of esters is 1. The fourth-order valence-corrected chi connectivity index (χ4v) is 0.163. The maximum Gasteiger partial charge on any atom is 0.341 e. The van der Waals surface area contributed by atoms with E-state index < -0.39 is 18.5 Å². The van der Waals surface area contributed by atoms with Crippen LogP contribution in [0.2, 0.25) is 0 Å². The number of carbonyl (C=O) groups excluding carboxylic acids is 1. The molecule has 0 aliphatic rings. The second-order valence-electron chi connectivity index (χ2n) is 5.96. The summed E-state index contributed by atoms with van der Waals surface area (Å²) >= 11 is 0. The van der Waals surface area contributed by atoms with Crippen LogP contribution in [-0.2, 0) is 36.0 Å². The molecule has 4 N–H and O–H groups in total. The van der Waals surface area contributed by atoms with Crippen LogP contribution in [0.1, 0.15) is 69.2 Å². The quantitative estimate of drug-likeness (QED) is 0.317. The van der Waals surface area contributed by atoms with Crippen molar-refractivity contribution >= 4 is 11.9 Å². The maximum atomic E-state index is 9.86. The fraction of sp³-hybridized carbons (Fsp3) is 0.824. The number of carboxylic acids is 1. The number of hydrogen-bond donors (Lipinski definition) is 4. The number of hydrogen-bond acceptors (Lipinski definition) is 6. The molecule has 7 nitrogen and oxygen atoms in total. The van der Waals surface area contributed by atoms with Gasteiger partial charge in [-0.1, -0.05) is 0 Å². The number of aliphatic hydroxyl groups is 3. The van der Waals surface area contributed by atoms with Gasteiger partial charge < -0.3 is 31.1 Å². The van der Waals surface area contributed by atoms with Gasteiger partial charge in [-0.2, -0.15) is 20.8 Å². The van der Waals surface area contributed by atoms with E-state index in [4.69, 9.17) is 20.4 Å². The molecule has 0 aliphatic heterocycles. The van der Waals surface area contributed by atoms with Crippen LogP contribution in [0.4, 0.5) is 0 Å². The van der Waals surface area contributed by atoms with Gasteiger partial charge in [0.25, 0.3) is 0 Å². The van der Waals surface area contributed by atoms with E-state index in [1.165, 1.54) is 5.92 Å². The van der Waals surface area contributed by atoms with Crippen molar-refractivity contribution in [2.24, 2.45) is 0 Å². The number of rotatable bonds is 2. The van der Waals surface area contributed by atoms with Crippen molar-refractivity contribution in [1.29, 1.82) is 0 Å². The zero-order valence-corrected chi connectivity index (χ0v) is 19.0. The average molecular weight is 403 g/mol. The first-order valence-corrected chi connectivity index (χ1v) is 7.72. The van der Waals surface area contributed by atoms with E-state index in [1.807, 2.05) is 0 Å². The molecular weight excluding hydrogens is 364 g/mol. The second kappa shape index (κ2) is 31.3. The largest absolute Gasteiger partial charge is 0.479 e. The molecule has 0 unspecified atom stereocenters. The number of carboxylic acid groups (broad SMARTS) is 1. The van der Waals surface area contributed by atoms with Crippen LogP contribution >= 0.6 is 0 Å². The molecule has 0 bridgehead atoms. The minimum atomic E-state index is -1.14. The first kappa shape index (κ1) is 39.6. The van der Waals surface area contributed by atoms with Crippen molar-refractivity contribution < 1.29 is 56.5 Å². The van der Waals surface area contributed by atoms with Crippen LogP contribution in [0, 0.1) is 5.92 Å². The standard InChI is InChI=1S/C4H6O4.C4H9.3C3H8O.Ti/c1-3(5)8-2-4(6)7;1-4(2)3;3*1-3(2)4;/h2H2,1H3,(H,6,7);1-3H3;3*3-4H,1-2H3;/q;-1;;;;. The summed E-state index contributed by atoms with van der Waals surface area (Å²) in [6, 6.07) is 0. The summed E-state index contributed by atoms with van der Waals surface area (Å²) in [5, 5.41) is 32.1. The zero-order valence-electron chi connectivity index (χ0n) is 17.5. The van der Waals surface area contributed by atoms with Crippen molar-refractivity contribution in [1.82, 2.24) is 0 Å². The molecule has 0 saturated carbocycles. The molecule has 0 fully saturated rings. The second-order valence-corrected chi connectivity index (χ2v) is 5.96. The van der Waals surface area contributed by atoms with Crippen molar-refractivity contribution in [2.75, 3.05) is 6.61 Å². The molecule has 0 aromatic rings. The van der Waals surface area contributed by atoms with Gasteiger partial charge in [0.05, 0.1) is 0 Å². The monoisotopic (exact) mass is 403 g/mol. The fourth-order valence-electron chi connectivity index (χ4n) is 0.163. The summed E-state index contributed by atoms with van der Waals surface area (Å²) in [4.78, 5) is 19.5. The minimum absolute atomic E-state index is 0. The van der Waals surface area contributed by atoms with E-state index in [0.29, 0.717) is 0 Å². The van der Waals surface area contributed by atoms with Gasteiger partial charge in [-0.3, -0.25) is 4.79 Å². The van der Waals surface area contributed by atoms with Gasteiger partial charge in [-0.25, -0.2) is 4.79 Å². The summed E-state index contributed by atoms with van der Waals surface area (Å²) < 4.78 is 4.06. The van der Waals surface area contributed by atoms with E-state index in [0.717, 1.165) is 6.92 Å². The summed E-state index contributed by atoms with van der Waals surface area (Å²) in [6.07, 6.45) is -0.500.